The van der Waals surface area contributed by atoms with Crippen molar-refractivity contribution in [2.24, 2.45) is 0 Å². The number of hydrogen-bond acceptors (Lipinski definition) is 2. The van der Waals surface area contributed by atoms with Crippen LogP contribution < -0.4 is 5.32 Å². The van der Waals surface area contributed by atoms with Crippen LogP contribution in [0.25, 0.3) is 0 Å². The molecule has 1 aliphatic heterocycles. The molecule has 2 rings (SSSR count). The minimum Gasteiger partial charge on any atom is -0.310 e. The highest BCUT2D eigenvalue weighted by Crippen LogP contribution is 2.18. The monoisotopic (exact) mass is 210 g/mol. The van der Waals surface area contributed by atoms with Crippen molar-refractivity contribution in [1.29, 1.82) is 0 Å². The fourth-order valence-electron chi connectivity index (χ4n) is 3.08. The van der Waals surface area contributed by atoms with Crippen LogP contribution in [0.4, 0.5) is 0 Å². The Morgan fingerprint density at radius 3 is 2.40 bits per heavy atom. The summed E-state index contributed by atoms with van der Waals surface area (Å²) in [6.45, 7) is 6.27. The van der Waals surface area contributed by atoms with Gasteiger partial charge in [-0.3, -0.25) is 0 Å². The van der Waals surface area contributed by atoms with Gasteiger partial charge in [0.1, 0.15) is 0 Å². The van der Waals surface area contributed by atoms with E-state index in [0.717, 1.165) is 6.04 Å². The van der Waals surface area contributed by atoms with Crippen molar-refractivity contribution in [2.45, 2.75) is 64.0 Å². The molecule has 0 amide bonds. The molecule has 2 aliphatic rings. The first-order valence-corrected chi connectivity index (χ1v) is 6.83. The summed E-state index contributed by atoms with van der Waals surface area (Å²) in [5.74, 6) is 0. The van der Waals surface area contributed by atoms with Crippen molar-refractivity contribution in [3.8, 4) is 0 Å². The maximum Gasteiger partial charge on any atom is 0.0169 e. The van der Waals surface area contributed by atoms with E-state index in [-0.39, 0.29) is 0 Å². The van der Waals surface area contributed by atoms with E-state index in [0.29, 0.717) is 6.04 Å². The molecule has 0 spiro atoms. The number of hydrogen-bond donors (Lipinski definition) is 1. The largest absolute Gasteiger partial charge is 0.310 e. The first kappa shape index (κ1) is 11.4. The van der Waals surface area contributed by atoms with E-state index in [1.807, 2.05) is 0 Å². The molecule has 1 heterocycles. The summed E-state index contributed by atoms with van der Waals surface area (Å²) in [5.41, 5.74) is 0. The summed E-state index contributed by atoms with van der Waals surface area (Å²) in [6, 6.07) is 1.50. The molecule has 0 aromatic carbocycles. The molecule has 1 N–H and O–H groups in total. The normalized spacial score (nSPS) is 27.0. The smallest absolute Gasteiger partial charge is 0.0169 e. The predicted molar refractivity (Wildman–Crippen MR) is 65.1 cm³/mol. The molecule has 1 unspecified atom stereocenters. The fraction of sp³-hybridized carbons (Fsp3) is 1.00. The molecule has 15 heavy (non-hydrogen) atoms. The van der Waals surface area contributed by atoms with Crippen LogP contribution in [-0.2, 0) is 0 Å². The van der Waals surface area contributed by atoms with Crippen molar-refractivity contribution < 1.29 is 0 Å². The van der Waals surface area contributed by atoms with Crippen LogP contribution in [0.15, 0.2) is 0 Å². The van der Waals surface area contributed by atoms with E-state index < -0.39 is 0 Å². The summed E-state index contributed by atoms with van der Waals surface area (Å²) < 4.78 is 0. The predicted octanol–water partition coefficient (Wildman–Crippen LogP) is 2.39. The zero-order chi connectivity index (χ0) is 10.5. The van der Waals surface area contributed by atoms with Crippen molar-refractivity contribution in [1.82, 2.24) is 10.2 Å². The lowest BCUT2D eigenvalue weighted by atomic mass is 9.95. The average molecular weight is 210 g/mol. The van der Waals surface area contributed by atoms with Gasteiger partial charge in [0.15, 0.2) is 0 Å². The van der Waals surface area contributed by atoms with Gasteiger partial charge in [-0.25, -0.2) is 0 Å². The van der Waals surface area contributed by atoms with E-state index in [2.05, 4.69) is 17.1 Å². The highest BCUT2D eigenvalue weighted by molar-refractivity contribution is 4.78. The minimum atomic E-state index is 0.686. The Morgan fingerprint density at radius 1 is 1.07 bits per heavy atom. The first-order valence-electron chi connectivity index (χ1n) is 6.83. The lowest BCUT2D eigenvalue weighted by Gasteiger charge is -2.28. The number of nitrogens with zero attached hydrogens (tertiary/aromatic N) is 1. The van der Waals surface area contributed by atoms with E-state index in [9.17, 15) is 0 Å². The second-order valence-electron chi connectivity index (χ2n) is 5.41. The Balaban J connectivity index is 1.64. The molecule has 2 nitrogen and oxygen atoms in total. The lowest BCUT2D eigenvalue weighted by molar-refractivity contribution is 0.266. The molecule has 1 saturated carbocycles. The zero-order valence-electron chi connectivity index (χ0n) is 10.2. The van der Waals surface area contributed by atoms with Gasteiger partial charge in [0, 0.05) is 18.6 Å². The molecule has 1 aliphatic carbocycles. The first-order chi connectivity index (χ1) is 7.34. The van der Waals surface area contributed by atoms with Crippen LogP contribution in [0, 0.1) is 0 Å². The second-order valence-corrected chi connectivity index (χ2v) is 5.41. The second kappa shape index (κ2) is 5.86. The Kier molecular flexibility index (Phi) is 4.45. The van der Waals surface area contributed by atoms with Crippen molar-refractivity contribution >= 4 is 0 Å². The third-order valence-electron chi connectivity index (χ3n) is 3.86. The molecule has 0 radical (unpaired) electrons. The SMILES string of the molecule is CC(CN1CCCC1)NC1CCCCC1. The summed E-state index contributed by atoms with van der Waals surface area (Å²) in [6.07, 6.45) is 9.97. The van der Waals surface area contributed by atoms with Gasteiger partial charge in [0.2, 0.25) is 0 Å². The molecule has 0 aromatic rings. The highest BCUT2D eigenvalue weighted by Gasteiger charge is 2.18. The minimum absolute atomic E-state index is 0.686. The maximum absolute atomic E-state index is 3.80. The quantitative estimate of drug-likeness (QED) is 0.766. The Labute approximate surface area is 94.4 Å². The van der Waals surface area contributed by atoms with Crippen LogP contribution >= 0.6 is 0 Å². The topological polar surface area (TPSA) is 15.3 Å². The summed E-state index contributed by atoms with van der Waals surface area (Å²) in [7, 11) is 0. The molecule has 2 heteroatoms. The molecular weight excluding hydrogens is 184 g/mol. The van der Waals surface area contributed by atoms with Crippen molar-refractivity contribution in [3.05, 3.63) is 0 Å². The maximum atomic E-state index is 3.80. The lowest BCUT2D eigenvalue weighted by Crippen LogP contribution is -2.43. The average Bonchev–Trinajstić information content (AvgIpc) is 2.71. The van der Waals surface area contributed by atoms with E-state index in [1.54, 1.807) is 0 Å². The van der Waals surface area contributed by atoms with Gasteiger partial charge in [0.25, 0.3) is 0 Å². The number of rotatable bonds is 4. The molecule has 1 atom stereocenters. The molecule has 0 aromatic heterocycles. The third-order valence-corrected chi connectivity index (χ3v) is 3.86. The Morgan fingerprint density at radius 2 is 1.73 bits per heavy atom. The number of likely N-dealkylation sites (tertiary alicyclic amines) is 1. The van der Waals surface area contributed by atoms with E-state index in [4.69, 9.17) is 0 Å². The van der Waals surface area contributed by atoms with Gasteiger partial charge >= 0.3 is 0 Å². The molecule has 88 valence electrons. The van der Waals surface area contributed by atoms with Crippen molar-refractivity contribution in [2.75, 3.05) is 19.6 Å². The standard InChI is InChI=1S/C13H26N2/c1-12(11-15-9-5-6-10-15)14-13-7-3-2-4-8-13/h12-14H,2-11H2,1H3. The van der Waals surface area contributed by atoms with Gasteiger partial charge in [0.05, 0.1) is 0 Å². The highest BCUT2D eigenvalue weighted by atomic mass is 15.2. The van der Waals surface area contributed by atoms with Crippen LogP contribution in [0.2, 0.25) is 0 Å². The van der Waals surface area contributed by atoms with Gasteiger partial charge in [-0.1, -0.05) is 19.3 Å². The van der Waals surface area contributed by atoms with Crippen LogP contribution in [0.5, 0.6) is 0 Å². The summed E-state index contributed by atoms with van der Waals surface area (Å²) in [4.78, 5) is 2.61. The zero-order valence-corrected chi connectivity index (χ0v) is 10.2. The van der Waals surface area contributed by atoms with E-state index in [1.165, 1.54) is 64.6 Å². The van der Waals surface area contributed by atoms with Crippen LogP contribution in [0.1, 0.15) is 51.9 Å². The summed E-state index contributed by atoms with van der Waals surface area (Å²) in [5, 5.41) is 3.80. The Hall–Kier alpha value is -0.0800. The molecule has 2 fully saturated rings. The van der Waals surface area contributed by atoms with Crippen molar-refractivity contribution in [3.63, 3.8) is 0 Å². The molecule has 0 bridgehead atoms. The Bertz CT molecular complexity index is 169. The van der Waals surface area contributed by atoms with Crippen LogP contribution in [0.3, 0.4) is 0 Å². The molecule has 1 saturated heterocycles. The summed E-state index contributed by atoms with van der Waals surface area (Å²) >= 11 is 0. The fourth-order valence-corrected chi connectivity index (χ4v) is 3.08. The van der Waals surface area contributed by atoms with Gasteiger partial charge in [-0.2, -0.15) is 0 Å². The van der Waals surface area contributed by atoms with Gasteiger partial charge in [-0.05, 0) is 45.7 Å². The molecular formula is C13H26N2. The van der Waals surface area contributed by atoms with Gasteiger partial charge in [-0.15, -0.1) is 0 Å². The van der Waals surface area contributed by atoms with Crippen LogP contribution in [-0.4, -0.2) is 36.6 Å². The van der Waals surface area contributed by atoms with E-state index >= 15 is 0 Å². The van der Waals surface area contributed by atoms with Gasteiger partial charge < -0.3 is 10.2 Å². The number of nitrogens with one attached hydrogen (secondary N) is 1. The third kappa shape index (κ3) is 3.76.